The van der Waals surface area contributed by atoms with Crippen molar-refractivity contribution in [1.82, 2.24) is 14.5 Å². The number of fused-ring (bicyclic) bond motifs is 1. The number of alkyl halides is 3. The first-order chi connectivity index (χ1) is 24.6. The summed E-state index contributed by atoms with van der Waals surface area (Å²) < 4.78 is 55.2. The van der Waals surface area contributed by atoms with Gasteiger partial charge in [0.25, 0.3) is 0 Å². The first kappa shape index (κ1) is 38.8. The third-order valence-electron chi connectivity index (χ3n) is 8.02. The number of methoxy groups -OCH3 is 2. The summed E-state index contributed by atoms with van der Waals surface area (Å²) in [5, 5.41) is 7.53. The van der Waals surface area contributed by atoms with Gasteiger partial charge >= 0.3 is 18.3 Å². The van der Waals surface area contributed by atoms with Crippen LogP contribution < -0.4 is 36.8 Å². The molecule has 2 aromatic carbocycles. The minimum absolute atomic E-state index is 0.0615. The van der Waals surface area contributed by atoms with Gasteiger partial charge in [-0.1, -0.05) is 11.8 Å². The van der Waals surface area contributed by atoms with Crippen LogP contribution in [0, 0.1) is 11.8 Å². The molecular formula is C35H37F3N6O8. The van der Waals surface area contributed by atoms with E-state index in [1.165, 1.54) is 0 Å². The maximum Gasteiger partial charge on any atom is 0.514 e. The van der Waals surface area contributed by atoms with Crippen molar-refractivity contribution in [3.05, 3.63) is 75.2 Å². The molecule has 0 atom stereocenters. The number of carbonyl (C=O) groups is 2. The van der Waals surface area contributed by atoms with Gasteiger partial charge in [0.05, 0.1) is 38.1 Å². The van der Waals surface area contributed by atoms with E-state index in [1.54, 1.807) is 45.7 Å². The Balaban J connectivity index is 0.000000785. The third-order valence-corrected chi connectivity index (χ3v) is 8.02. The normalized spacial score (nSPS) is 15.4. The second-order valence-corrected chi connectivity index (χ2v) is 11.6. The number of aromatic nitrogens is 3. The molecule has 52 heavy (non-hydrogen) atoms. The molecule has 0 radical (unpaired) electrons. The van der Waals surface area contributed by atoms with Gasteiger partial charge in [-0.3, -0.25) is 4.79 Å². The maximum atomic E-state index is 13.4. The number of carbonyl (C=O) groups excluding carboxylic acids is 1. The molecule has 0 unspecified atom stereocenters. The number of anilines is 2. The number of nitrogen functional groups attached to an aromatic ring is 2. The van der Waals surface area contributed by atoms with Crippen LogP contribution in [0.15, 0.2) is 47.5 Å². The second kappa shape index (κ2) is 16.8. The minimum Gasteiger partial charge on any atom is -0.493 e. The smallest absolute Gasteiger partial charge is 0.493 e. The molecular weight excluding hydrogens is 689 g/mol. The minimum atomic E-state index is -5.08. The van der Waals surface area contributed by atoms with E-state index < -0.39 is 23.7 Å². The van der Waals surface area contributed by atoms with Crippen molar-refractivity contribution in [3.63, 3.8) is 0 Å². The van der Waals surface area contributed by atoms with Crippen molar-refractivity contribution >= 4 is 34.8 Å². The van der Waals surface area contributed by atoms with Gasteiger partial charge in [-0.2, -0.15) is 18.2 Å². The van der Waals surface area contributed by atoms with Gasteiger partial charge in [0.15, 0.2) is 17.2 Å². The SMILES string of the molecule is CCOC(=O)Oc1cn([C@H]2CC[C@H](N)CC2)c2cc(C#Cc3cc(Cc4cnc(N)nc4N)cc(OC)c3OC)ccc2c1=O.O=C(O)C(F)(F)F. The van der Waals surface area contributed by atoms with Crippen LogP contribution in [-0.4, -0.2) is 64.8 Å². The molecule has 2 heterocycles. The van der Waals surface area contributed by atoms with Crippen LogP contribution in [0.4, 0.5) is 29.7 Å². The summed E-state index contributed by atoms with van der Waals surface area (Å²) in [6, 6.07) is 9.26. The Morgan fingerprint density at radius 1 is 1.04 bits per heavy atom. The molecule has 2 aromatic heterocycles. The number of carboxylic acids is 1. The number of benzene rings is 2. The monoisotopic (exact) mass is 726 g/mol. The topological polar surface area (TPSA) is 217 Å². The van der Waals surface area contributed by atoms with Gasteiger partial charge in [-0.15, -0.1) is 0 Å². The molecule has 7 N–H and O–H groups in total. The van der Waals surface area contributed by atoms with E-state index in [2.05, 4.69) is 21.8 Å². The summed E-state index contributed by atoms with van der Waals surface area (Å²) in [4.78, 5) is 42.5. The fraction of sp³-hybridized carbons (Fsp3) is 0.343. The summed E-state index contributed by atoms with van der Waals surface area (Å²) >= 11 is 0. The number of aliphatic carboxylic acids is 1. The number of nitrogens with zero attached hydrogens (tertiary/aromatic N) is 3. The first-order valence-electron chi connectivity index (χ1n) is 15.9. The van der Waals surface area contributed by atoms with Crippen LogP contribution in [0.3, 0.4) is 0 Å². The predicted molar refractivity (Wildman–Crippen MR) is 184 cm³/mol. The molecule has 1 fully saturated rings. The Morgan fingerprint density at radius 2 is 1.73 bits per heavy atom. The van der Waals surface area contributed by atoms with Gasteiger partial charge in [-0.25, -0.2) is 14.6 Å². The second-order valence-electron chi connectivity index (χ2n) is 11.6. The van der Waals surface area contributed by atoms with E-state index >= 15 is 0 Å². The van der Waals surface area contributed by atoms with Crippen LogP contribution in [0.1, 0.15) is 60.9 Å². The van der Waals surface area contributed by atoms with E-state index in [1.807, 2.05) is 22.8 Å². The molecule has 0 saturated heterocycles. The standard InChI is InChI=1S/C33H36N6O6.C2HF3O2/c1-4-44-33(41)45-28-18-39(24-10-8-23(34)9-11-24)26-15-19(6-12-25(26)29(28)40)5-7-21-13-20(16-27(42-2)30(21)43-3)14-22-17-37-32(36)38-31(22)35;3-2(4,5)1(6)7/h6,12-13,15-18,23-24H,4,8-11,14,34H2,1-3H3,(H4,35,36,37,38);(H,6,7)/t23-,24-;. The molecule has 276 valence electrons. The van der Waals surface area contributed by atoms with Crippen molar-refractivity contribution in [2.24, 2.45) is 5.73 Å². The molecule has 1 saturated carbocycles. The summed E-state index contributed by atoms with van der Waals surface area (Å²) in [5.41, 5.74) is 21.0. The predicted octanol–water partition coefficient (Wildman–Crippen LogP) is 4.57. The molecule has 1 aliphatic carbocycles. The largest absolute Gasteiger partial charge is 0.514 e. The highest BCUT2D eigenvalue weighted by Gasteiger charge is 2.38. The summed E-state index contributed by atoms with van der Waals surface area (Å²) in [7, 11) is 3.11. The van der Waals surface area contributed by atoms with Crippen LogP contribution in [0.25, 0.3) is 10.9 Å². The summed E-state index contributed by atoms with van der Waals surface area (Å²) in [6.07, 6.45) is 0.928. The molecule has 4 aromatic rings. The van der Waals surface area contributed by atoms with E-state index in [0.29, 0.717) is 51.3 Å². The fourth-order valence-electron chi connectivity index (χ4n) is 5.54. The first-order valence-corrected chi connectivity index (χ1v) is 15.9. The number of halogens is 3. The Labute approximate surface area is 295 Å². The molecule has 0 aliphatic heterocycles. The van der Waals surface area contributed by atoms with E-state index in [-0.39, 0.29) is 30.4 Å². The van der Waals surface area contributed by atoms with Crippen molar-refractivity contribution in [2.45, 2.75) is 57.3 Å². The highest BCUT2D eigenvalue weighted by Crippen LogP contribution is 2.34. The number of nitrogens with two attached hydrogens (primary N) is 3. The Hall–Kier alpha value is -6.02. The number of hydrogen-bond acceptors (Lipinski definition) is 12. The lowest BCUT2D eigenvalue weighted by atomic mass is 9.91. The van der Waals surface area contributed by atoms with E-state index in [9.17, 15) is 22.8 Å². The average Bonchev–Trinajstić information content (AvgIpc) is 3.10. The highest BCUT2D eigenvalue weighted by atomic mass is 19.4. The van der Waals surface area contributed by atoms with Crippen LogP contribution in [-0.2, 0) is 16.0 Å². The van der Waals surface area contributed by atoms with Gasteiger partial charge in [0.1, 0.15) is 5.82 Å². The number of pyridine rings is 1. The molecule has 5 rings (SSSR count). The van der Waals surface area contributed by atoms with Crippen molar-refractivity contribution < 1.29 is 46.8 Å². The highest BCUT2D eigenvalue weighted by molar-refractivity contribution is 5.83. The van der Waals surface area contributed by atoms with Crippen LogP contribution in [0.5, 0.6) is 17.2 Å². The number of carboxylic acid groups (broad SMARTS) is 1. The molecule has 17 heteroatoms. The number of hydrogen-bond donors (Lipinski definition) is 4. The van der Waals surface area contributed by atoms with Crippen molar-refractivity contribution in [2.75, 3.05) is 32.3 Å². The summed E-state index contributed by atoms with van der Waals surface area (Å²) in [5.74, 6) is 4.97. The van der Waals surface area contributed by atoms with Crippen molar-refractivity contribution in [1.29, 1.82) is 0 Å². The lowest BCUT2D eigenvalue weighted by molar-refractivity contribution is -0.192. The lowest BCUT2D eigenvalue weighted by Gasteiger charge is -2.29. The third kappa shape index (κ3) is 9.60. The zero-order chi connectivity index (χ0) is 38.2. The maximum absolute atomic E-state index is 13.4. The van der Waals surface area contributed by atoms with Crippen molar-refractivity contribution in [3.8, 4) is 29.1 Å². The lowest BCUT2D eigenvalue weighted by Crippen LogP contribution is -2.28. The van der Waals surface area contributed by atoms with Gasteiger partial charge in [-0.05, 0) is 68.5 Å². The molecule has 0 bridgehead atoms. The number of rotatable bonds is 7. The molecule has 0 amide bonds. The van der Waals surface area contributed by atoms with Crippen LogP contribution in [0.2, 0.25) is 0 Å². The zero-order valence-corrected chi connectivity index (χ0v) is 28.5. The van der Waals surface area contributed by atoms with E-state index in [4.69, 9.17) is 46.0 Å². The van der Waals surface area contributed by atoms with Gasteiger partial charge < -0.3 is 45.8 Å². The molecule has 0 spiro atoms. The molecule has 14 nitrogen and oxygen atoms in total. The number of ether oxygens (including phenoxy) is 4. The van der Waals surface area contributed by atoms with Gasteiger partial charge in [0.2, 0.25) is 11.4 Å². The van der Waals surface area contributed by atoms with Crippen LogP contribution >= 0.6 is 0 Å². The average molecular weight is 727 g/mol. The van der Waals surface area contributed by atoms with E-state index in [0.717, 1.165) is 31.2 Å². The fourth-order valence-corrected chi connectivity index (χ4v) is 5.54. The Morgan fingerprint density at radius 3 is 2.33 bits per heavy atom. The Bertz CT molecular complexity index is 2070. The quantitative estimate of drug-likeness (QED) is 0.152. The zero-order valence-electron chi connectivity index (χ0n) is 28.5. The van der Waals surface area contributed by atoms with Gasteiger partial charge in [0, 0.05) is 41.2 Å². The summed E-state index contributed by atoms with van der Waals surface area (Å²) in [6.45, 7) is 1.80. The Kier molecular flexibility index (Phi) is 12.5. The molecule has 1 aliphatic rings.